The summed E-state index contributed by atoms with van der Waals surface area (Å²) in [5.41, 5.74) is 1.07. The zero-order valence-corrected chi connectivity index (χ0v) is 10.8. The van der Waals surface area contributed by atoms with E-state index in [0.717, 1.165) is 31.1 Å². The van der Waals surface area contributed by atoms with Crippen molar-refractivity contribution >= 4 is 11.5 Å². The lowest BCUT2D eigenvalue weighted by Gasteiger charge is -2.36. The Bertz CT molecular complexity index is 342. The van der Waals surface area contributed by atoms with Crippen molar-refractivity contribution in [3.63, 3.8) is 0 Å². The zero-order chi connectivity index (χ0) is 12.3. The van der Waals surface area contributed by atoms with Crippen molar-refractivity contribution in [2.45, 2.75) is 33.0 Å². The highest BCUT2D eigenvalue weighted by Gasteiger charge is 2.22. The third kappa shape index (κ3) is 3.09. The van der Waals surface area contributed by atoms with Crippen LogP contribution in [-0.2, 0) is 4.74 Å². The Kier molecular flexibility index (Phi) is 3.84. The summed E-state index contributed by atoms with van der Waals surface area (Å²) < 4.78 is 5.72. The van der Waals surface area contributed by atoms with Gasteiger partial charge in [-0.1, -0.05) is 0 Å². The van der Waals surface area contributed by atoms with Gasteiger partial charge in [0.15, 0.2) is 0 Å². The standard InChI is InChI=1S/C13H21N3O/c1-4-14-12-5-6-13(15-7-12)16-8-10(2)17-11(3)9-16/h5-7,10-11,14H,4,8-9H2,1-3H3. The van der Waals surface area contributed by atoms with Crippen LogP contribution in [0.1, 0.15) is 20.8 Å². The molecule has 0 spiro atoms. The fraction of sp³-hybridized carbons (Fsp3) is 0.615. The average molecular weight is 235 g/mol. The lowest BCUT2D eigenvalue weighted by molar-refractivity contribution is -0.00545. The van der Waals surface area contributed by atoms with E-state index < -0.39 is 0 Å². The van der Waals surface area contributed by atoms with E-state index in [1.165, 1.54) is 0 Å². The molecule has 4 heteroatoms. The lowest BCUT2D eigenvalue weighted by Crippen LogP contribution is -2.45. The van der Waals surface area contributed by atoms with Gasteiger partial charge in [-0.25, -0.2) is 4.98 Å². The van der Waals surface area contributed by atoms with Gasteiger partial charge in [0.1, 0.15) is 5.82 Å². The first-order chi connectivity index (χ1) is 8.19. The summed E-state index contributed by atoms with van der Waals surface area (Å²) in [5, 5.41) is 3.25. The lowest BCUT2D eigenvalue weighted by atomic mass is 10.2. The predicted octanol–water partition coefficient (Wildman–Crippen LogP) is 2.13. The highest BCUT2D eigenvalue weighted by atomic mass is 16.5. The topological polar surface area (TPSA) is 37.4 Å². The molecule has 1 aromatic heterocycles. The van der Waals surface area contributed by atoms with Crippen LogP contribution in [0.15, 0.2) is 18.3 Å². The van der Waals surface area contributed by atoms with E-state index in [-0.39, 0.29) is 12.2 Å². The van der Waals surface area contributed by atoms with E-state index in [1.807, 2.05) is 6.20 Å². The maximum absolute atomic E-state index is 5.72. The molecule has 1 N–H and O–H groups in total. The number of hydrogen-bond acceptors (Lipinski definition) is 4. The van der Waals surface area contributed by atoms with Gasteiger partial charge in [-0.05, 0) is 32.9 Å². The van der Waals surface area contributed by atoms with Crippen molar-refractivity contribution in [2.24, 2.45) is 0 Å². The van der Waals surface area contributed by atoms with Crippen LogP contribution >= 0.6 is 0 Å². The molecule has 94 valence electrons. The summed E-state index contributed by atoms with van der Waals surface area (Å²) >= 11 is 0. The number of rotatable bonds is 3. The van der Waals surface area contributed by atoms with E-state index >= 15 is 0 Å². The number of nitrogens with one attached hydrogen (secondary N) is 1. The van der Waals surface area contributed by atoms with Crippen LogP contribution in [0.25, 0.3) is 0 Å². The summed E-state index contributed by atoms with van der Waals surface area (Å²) in [6.07, 6.45) is 2.44. The van der Waals surface area contributed by atoms with Gasteiger partial charge in [0.05, 0.1) is 24.1 Å². The van der Waals surface area contributed by atoms with Crippen LogP contribution in [0.5, 0.6) is 0 Å². The number of aromatic nitrogens is 1. The van der Waals surface area contributed by atoms with Gasteiger partial charge in [-0.2, -0.15) is 0 Å². The van der Waals surface area contributed by atoms with Crippen LogP contribution in [0.3, 0.4) is 0 Å². The Hall–Kier alpha value is -1.29. The average Bonchev–Trinajstić information content (AvgIpc) is 2.29. The molecule has 0 amide bonds. The number of pyridine rings is 1. The van der Waals surface area contributed by atoms with E-state index in [0.29, 0.717) is 0 Å². The molecule has 1 fully saturated rings. The van der Waals surface area contributed by atoms with Gasteiger partial charge in [0, 0.05) is 19.6 Å². The Morgan fingerprint density at radius 3 is 2.59 bits per heavy atom. The Labute approximate surface area is 103 Å². The molecule has 0 bridgehead atoms. The van der Waals surface area contributed by atoms with Gasteiger partial charge in [0.25, 0.3) is 0 Å². The number of hydrogen-bond donors (Lipinski definition) is 1. The molecule has 2 atom stereocenters. The molecule has 1 aliphatic rings. The smallest absolute Gasteiger partial charge is 0.128 e. The molecule has 0 radical (unpaired) electrons. The summed E-state index contributed by atoms with van der Waals surface area (Å²) in [4.78, 5) is 6.78. The fourth-order valence-electron chi connectivity index (χ4n) is 2.25. The maximum Gasteiger partial charge on any atom is 0.128 e. The van der Waals surface area contributed by atoms with Crippen LogP contribution < -0.4 is 10.2 Å². The minimum absolute atomic E-state index is 0.272. The molecular formula is C13H21N3O. The van der Waals surface area contributed by atoms with Crippen molar-refractivity contribution in [3.05, 3.63) is 18.3 Å². The number of anilines is 2. The van der Waals surface area contributed by atoms with Gasteiger partial charge in [-0.15, -0.1) is 0 Å². The Morgan fingerprint density at radius 2 is 2.06 bits per heavy atom. The third-order valence-corrected chi connectivity index (χ3v) is 2.87. The van der Waals surface area contributed by atoms with Gasteiger partial charge < -0.3 is 15.0 Å². The summed E-state index contributed by atoms with van der Waals surface area (Å²) in [7, 11) is 0. The molecule has 0 aliphatic carbocycles. The van der Waals surface area contributed by atoms with E-state index in [4.69, 9.17) is 4.74 Å². The zero-order valence-electron chi connectivity index (χ0n) is 10.8. The van der Waals surface area contributed by atoms with E-state index in [1.54, 1.807) is 0 Å². The molecule has 1 saturated heterocycles. The molecule has 0 saturated carbocycles. The Balaban J connectivity index is 2.06. The summed E-state index contributed by atoms with van der Waals surface area (Å²) in [5.74, 6) is 1.04. The fourth-order valence-corrected chi connectivity index (χ4v) is 2.25. The van der Waals surface area contributed by atoms with Gasteiger partial charge in [0.2, 0.25) is 0 Å². The van der Waals surface area contributed by atoms with E-state index in [9.17, 15) is 0 Å². The molecule has 2 unspecified atom stereocenters. The number of nitrogens with zero attached hydrogens (tertiary/aromatic N) is 2. The monoisotopic (exact) mass is 235 g/mol. The summed E-state index contributed by atoms with van der Waals surface area (Å²) in [6.45, 7) is 9.05. The van der Waals surface area contributed by atoms with Gasteiger partial charge >= 0.3 is 0 Å². The van der Waals surface area contributed by atoms with Crippen LogP contribution in [0.2, 0.25) is 0 Å². The molecular weight excluding hydrogens is 214 g/mol. The molecule has 2 heterocycles. The SMILES string of the molecule is CCNc1ccc(N2CC(C)OC(C)C2)nc1. The quantitative estimate of drug-likeness (QED) is 0.871. The van der Waals surface area contributed by atoms with Crippen molar-refractivity contribution in [1.29, 1.82) is 0 Å². The second-order valence-electron chi connectivity index (χ2n) is 4.60. The number of morpholine rings is 1. The predicted molar refractivity (Wildman–Crippen MR) is 70.6 cm³/mol. The molecule has 1 aliphatic heterocycles. The first kappa shape index (κ1) is 12.2. The highest BCUT2D eigenvalue weighted by Crippen LogP contribution is 2.19. The number of ether oxygens (including phenoxy) is 1. The van der Waals surface area contributed by atoms with Crippen molar-refractivity contribution < 1.29 is 4.74 Å². The van der Waals surface area contributed by atoms with Crippen LogP contribution in [-0.4, -0.2) is 36.8 Å². The molecule has 4 nitrogen and oxygen atoms in total. The molecule has 17 heavy (non-hydrogen) atoms. The van der Waals surface area contributed by atoms with Crippen molar-refractivity contribution in [2.75, 3.05) is 29.9 Å². The minimum Gasteiger partial charge on any atom is -0.384 e. The maximum atomic E-state index is 5.72. The molecule has 2 rings (SSSR count). The van der Waals surface area contributed by atoms with Crippen molar-refractivity contribution in [1.82, 2.24) is 4.98 Å². The molecule has 1 aromatic rings. The van der Waals surface area contributed by atoms with Crippen LogP contribution in [0.4, 0.5) is 11.5 Å². The van der Waals surface area contributed by atoms with Gasteiger partial charge in [-0.3, -0.25) is 0 Å². The minimum atomic E-state index is 0.272. The van der Waals surface area contributed by atoms with Crippen molar-refractivity contribution in [3.8, 4) is 0 Å². The first-order valence-corrected chi connectivity index (χ1v) is 6.29. The second-order valence-corrected chi connectivity index (χ2v) is 4.60. The second kappa shape index (κ2) is 5.36. The van der Waals surface area contributed by atoms with Crippen LogP contribution in [0, 0.1) is 0 Å². The first-order valence-electron chi connectivity index (χ1n) is 6.29. The normalized spacial score (nSPS) is 24.8. The van der Waals surface area contributed by atoms with E-state index in [2.05, 4.69) is 48.1 Å². The largest absolute Gasteiger partial charge is 0.384 e. The highest BCUT2D eigenvalue weighted by molar-refractivity contribution is 5.48. The Morgan fingerprint density at radius 1 is 1.35 bits per heavy atom. The summed E-state index contributed by atoms with van der Waals surface area (Å²) in [6, 6.07) is 4.15. The molecule has 0 aromatic carbocycles. The third-order valence-electron chi connectivity index (χ3n) is 2.87.